The second-order valence-corrected chi connectivity index (χ2v) is 5.42. The SMILES string of the molecule is COC[C@H](C)NCCc1nc(C)c2c(n1)CCCC2. The van der Waals surface area contributed by atoms with Gasteiger partial charge in [0.15, 0.2) is 0 Å². The Morgan fingerprint density at radius 1 is 1.26 bits per heavy atom. The van der Waals surface area contributed by atoms with E-state index in [2.05, 4.69) is 24.1 Å². The van der Waals surface area contributed by atoms with Gasteiger partial charge in [0.1, 0.15) is 5.82 Å². The first-order chi connectivity index (χ1) is 9.20. The highest BCUT2D eigenvalue weighted by Crippen LogP contribution is 2.21. The van der Waals surface area contributed by atoms with Crippen LogP contribution in [-0.2, 0) is 24.0 Å². The Hall–Kier alpha value is -1.00. The number of aryl methyl sites for hydroxylation is 2. The number of nitrogens with one attached hydrogen (secondary N) is 1. The van der Waals surface area contributed by atoms with Gasteiger partial charge in [-0.2, -0.15) is 0 Å². The molecule has 106 valence electrons. The number of hydrogen-bond donors (Lipinski definition) is 1. The molecule has 0 fully saturated rings. The normalized spacial score (nSPS) is 16.2. The van der Waals surface area contributed by atoms with E-state index in [0.717, 1.165) is 38.2 Å². The molecule has 0 aromatic carbocycles. The molecule has 1 aliphatic carbocycles. The fourth-order valence-corrected chi connectivity index (χ4v) is 2.70. The summed E-state index contributed by atoms with van der Waals surface area (Å²) in [6.07, 6.45) is 5.73. The molecular weight excluding hydrogens is 238 g/mol. The summed E-state index contributed by atoms with van der Waals surface area (Å²) in [5.41, 5.74) is 3.87. The van der Waals surface area contributed by atoms with Crippen molar-refractivity contribution in [3.63, 3.8) is 0 Å². The van der Waals surface area contributed by atoms with Crippen molar-refractivity contribution >= 4 is 0 Å². The highest BCUT2D eigenvalue weighted by molar-refractivity contribution is 5.27. The lowest BCUT2D eigenvalue weighted by molar-refractivity contribution is 0.172. The van der Waals surface area contributed by atoms with Crippen LogP contribution in [0.15, 0.2) is 0 Å². The smallest absolute Gasteiger partial charge is 0.130 e. The molecule has 1 heterocycles. The quantitative estimate of drug-likeness (QED) is 0.850. The molecule has 1 atom stereocenters. The number of nitrogens with zero attached hydrogens (tertiary/aromatic N) is 2. The van der Waals surface area contributed by atoms with Gasteiger partial charge in [0.05, 0.1) is 6.61 Å². The van der Waals surface area contributed by atoms with Gasteiger partial charge < -0.3 is 10.1 Å². The molecule has 0 saturated heterocycles. The minimum absolute atomic E-state index is 0.378. The van der Waals surface area contributed by atoms with E-state index >= 15 is 0 Å². The van der Waals surface area contributed by atoms with Crippen LogP contribution in [0.3, 0.4) is 0 Å². The number of hydrogen-bond acceptors (Lipinski definition) is 4. The summed E-state index contributed by atoms with van der Waals surface area (Å²) in [5.74, 6) is 0.982. The summed E-state index contributed by atoms with van der Waals surface area (Å²) >= 11 is 0. The van der Waals surface area contributed by atoms with E-state index in [0.29, 0.717) is 6.04 Å². The maximum absolute atomic E-state index is 5.11. The van der Waals surface area contributed by atoms with Crippen LogP contribution in [0.2, 0.25) is 0 Å². The first-order valence-electron chi connectivity index (χ1n) is 7.28. The number of fused-ring (bicyclic) bond motifs is 1. The molecule has 4 heteroatoms. The lowest BCUT2D eigenvalue weighted by Crippen LogP contribution is -2.32. The van der Waals surface area contributed by atoms with Crippen molar-refractivity contribution in [3.05, 3.63) is 22.8 Å². The van der Waals surface area contributed by atoms with Crippen molar-refractivity contribution in [1.82, 2.24) is 15.3 Å². The molecule has 2 rings (SSSR count). The predicted octanol–water partition coefficient (Wildman–Crippen LogP) is 1.83. The van der Waals surface area contributed by atoms with Gasteiger partial charge in [-0.15, -0.1) is 0 Å². The number of aromatic nitrogens is 2. The molecule has 0 unspecified atom stereocenters. The summed E-state index contributed by atoms with van der Waals surface area (Å²) in [5, 5.41) is 3.43. The molecule has 1 aromatic rings. The monoisotopic (exact) mass is 263 g/mol. The zero-order chi connectivity index (χ0) is 13.7. The van der Waals surface area contributed by atoms with Crippen molar-refractivity contribution in [2.75, 3.05) is 20.3 Å². The maximum Gasteiger partial charge on any atom is 0.130 e. The molecule has 0 aliphatic heterocycles. The maximum atomic E-state index is 5.11. The summed E-state index contributed by atoms with van der Waals surface area (Å²) in [7, 11) is 1.73. The van der Waals surface area contributed by atoms with Crippen LogP contribution < -0.4 is 5.32 Å². The molecule has 1 N–H and O–H groups in total. The zero-order valence-corrected chi connectivity index (χ0v) is 12.3. The Labute approximate surface area is 116 Å². The van der Waals surface area contributed by atoms with Crippen LogP contribution in [-0.4, -0.2) is 36.3 Å². The third kappa shape index (κ3) is 3.98. The fraction of sp³-hybridized carbons (Fsp3) is 0.733. The van der Waals surface area contributed by atoms with E-state index in [4.69, 9.17) is 9.72 Å². The van der Waals surface area contributed by atoms with Gasteiger partial charge in [-0.25, -0.2) is 9.97 Å². The van der Waals surface area contributed by atoms with Crippen LogP contribution in [0.25, 0.3) is 0 Å². The van der Waals surface area contributed by atoms with E-state index in [1.54, 1.807) is 7.11 Å². The topological polar surface area (TPSA) is 47.0 Å². The third-order valence-corrected chi connectivity index (χ3v) is 3.69. The number of methoxy groups -OCH3 is 1. The molecule has 0 spiro atoms. The Balaban J connectivity index is 1.92. The standard InChI is InChI=1S/C15H25N3O/c1-11(10-19-3)16-9-8-15-17-12(2)13-6-4-5-7-14(13)18-15/h11,16H,4-10H2,1-3H3/t11-/m0/s1. The van der Waals surface area contributed by atoms with Crippen molar-refractivity contribution in [1.29, 1.82) is 0 Å². The molecule has 19 heavy (non-hydrogen) atoms. The molecule has 0 bridgehead atoms. The van der Waals surface area contributed by atoms with E-state index in [-0.39, 0.29) is 0 Å². The van der Waals surface area contributed by atoms with Gasteiger partial charge in [-0.1, -0.05) is 0 Å². The van der Waals surface area contributed by atoms with Crippen molar-refractivity contribution in [2.45, 2.75) is 52.0 Å². The Kier molecular flexibility index (Phi) is 5.28. The van der Waals surface area contributed by atoms with Crippen LogP contribution in [0.1, 0.15) is 42.5 Å². The molecule has 0 amide bonds. The Bertz CT molecular complexity index is 420. The van der Waals surface area contributed by atoms with Crippen LogP contribution in [0, 0.1) is 6.92 Å². The lowest BCUT2D eigenvalue weighted by atomic mass is 9.95. The van der Waals surface area contributed by atoms with Gasteiger partial charge in [0.2, 0.25) is 0 Å². The highest BCUT2D eigenvalue weighted by Gasteiger charge is 2.15. The second-order valence-electron chi connectivity index (χ2n) is 5.42. The average Bonchev–Trinajstić information content (AvgIpc) is 2.39. The zero-order valence-electron chi connectivity index (χ0n) is 12.3. The van der Waals surface area contributed by atoms with E-state index in [9.17, 15) is 0 Å². The van der Waals surface area contributed by atoms with Crippen LogP contribution in [0.5, 0.6) is 0 Å². The highest BCUT2D eigenvalue weighted by atomic mass is 16.5. The average molecular weight is 263 g/mol. The number of rotatable bonds is 6. The van der Waals surface area contributed by atoms with Gasteiger partial charge in [-0.3, -0.25) is 0 Å². The molecular formula is C15H25N3O. The first-order valence-corrected chi connectivity index (χ1v) is 7.28. The van der Waals surface area contributed by atoms with E-state index in [1.807, 2.05) is 0 Å². The van der Waals surface area contributed by atoms with Gasteiger partial charge in [-0.05, 0) is 45.1 Å². The van der Waals surface area contributed by atoms with Gasteiger partial charge >= 0.3 is 0 Å². The third-order valence-electron chi connectivity index (χ3n) is 3.69. The Morgan fingerprint density at radius 3 is 2.84 bits per heavy atom. The minimum Gasteiger partial charge on any atom is -0.383 e. The van der Waals surface area contributed by atoms with E-state index in [1.165, 1.54) is 29.8 Å². The van der Waals surface area contributed by atoms with Crippen molar-refractivity contribution in [3.8, 4) is 0 Å². The lowest BCUT2D eigenvalue weighted by Gasteiger charge is -2.18. The van der Waals surface area contributed by atoms with Crippen LogP contribution >= 0.6 is 0 Å². The van der Waals surface area contributed by atoms with Crippen molar-refractivity contribution < 1.29 is 4.74 Å². The number of ether oxygens (including phenoxy) is 1. The fourth-order valence-electron chi connectivity index (χ4n) is 2.70. The summed E-state index contributed by atoms with van der Waals surface area (Å²) in [6, 6.07) is 0.378. The molecule has 1 aromatic heterocycles. The molecule has 0 saturated carbocycles. The molecule has 0 radical (unpaired) electrons. The van der Waals surface area contributed by atoms with Crippen molar-refractivity contribution in [2.24, 2.45) is 0 Å². The molecule has 1 aliphatic rings. The Morgan fingerprint density at radius 2 is 2.05 bits per heavy atom. The second kappa shape index (κ2) is 6.96. The summed E-state index contributed by atoms with van der Waals surface area (Å²) in [6.45, 7) is 5.89. The summed E-state index contributed by atoms with van der Waals surface area (Å²) in [4.78, 5) is 9.38. The minimum atomic E-state index is 0.378. The first kappa shape index (κ1) is 14.4. The van der Waals surface area contributed by atoms with Crippen LogP contribution in [0.4, 0.5) is 0 Å². The van der Waals surface area contributed by atoms with E-state index < -0.39 is 0 Å². The van der Waals surface area contributed by atoms with Gasteiger partial charge in [0.25, 0.3) is 0 Å². The largest absolute Gasteiger partial charge is 0.383 e. The predicted molar refractivity (Wildman–Crippen MR) is 76.5 cm³/mol. The van der Waals surface area contributed by atoms with Gasteiger partial charge in [0, 0.05) is 37.5 Å². The summed E-state index contributed by atoms with van der Waals surface area (Å²) < 4.78 is 5.11. The molecule has 4 nitrogen and oxygen atoms in total.